The maximum atomic E-state index is 9.29. The summed E-state index contributed by atoms with van der Waals surface area (Å²) >= 11 is 3.52. The van der Waals surface area contributed by atoms with Gasteiger partial charge in [0.1, 0.15) is 0 Å². The number of hydrogen-bond acceptors (Lipinski definition) is 3. The average Bonchev–Trinajstić information content (AvgIpc) is 2.52. The molecular formula is C15H23BrN2O. The number of anilines is 1. The molecule has 0 aliphatic carbocycles. The molecule has 2 atom stereocenters. The highest BCUT2D eigenvalue weighted by molar-refractivity contribution is 9.10. The van der Waals surface area contributed by atoms with E-state index in [-0.39, 0.29) is 6.61 Å². The Hall–Kier alpha value is -0.580. The molecule has 0 spiro atoms. The van der Waals surface area contributed by atoms with Crippen LogP contribution in [-0.2, 0) is 0 Å². The molecule has 1 aliphatic rings. The minimum Gasteiger partial charge on any atom is -0.396 e. The Kier molecular flexibility index (Phi) is 5.25. The molecule has 1 saturated heterocycles. The summed E-state index contributed by atoms with van der Waals surface area (Å²) in [6, 6.07) is 6.81. The Morgan fingerprint density at radius 2 is 2.21 bits per heavy atom. The van der Waals surface area contributed by atoms with Gasteiger partial charge in [-0.15, -0.1) is 0 Å². The lowest BCUT2D eigenvalue weighted by atomic mass is 10.1. The molecule has 1 aromatic rings. The average molecular weight is 327 g/mol. The SMILES string of the molecule is Cc1cc(Br)ccc1N1CC(C)CNCC1CCO. The predicted octanol–water partition coefficient (Wildman–Crippen LogP) is 2.55. The maximum Gasteiger partial charge on any atom is 0.0451 e. The second-order valence-electron chi connectivity index (χ2n) is 5.51. The molecule has 0 bridgehead atoms. The van der Waals surface area contributed by atoms with E-state index in [0.29, 0.717) is 12.0 Å². The molecule has 106 valence electrons. The van der Waals surface area contributed by atoms with Crippen LogP contribution in [0.1, 0.15) is 18.9 Å². The number of nitrogens with zero attached hydrogens (tertiary/aromatic N) is 1. The van der Waals surface area contributed by atoms with Crippen LogP contribution in [-0.4, -0.2) is 37.4 Å². The molecule has 0 aromatic heterocycles. The summed E-state index contributed by atoms with van der Waals surface area (Å²) in [7, 11) is 0. The summed E-state index contributed by atoms with van der Waals surface area (Å²) in [6.07, 6.45) is 0.815. The number of rotatable bonds is 3. The molecule has 19 heavy (non-hydrogen) atoms. The summed E-state index contributed by atoms with van der Waals surface area (Å²) in [5.41, 5.74) is 2.57. The molecule has 4 heteroatoms. The molecule has 1 fully saturated rings. The molecular weight excluding hydrogens is 304 g/mol. The highest BCUT2D eigenvalue weighted by Crippen LogP contribution is 2.27. The zero-order valence-electron chi connectivity index (χ0n) is 11.7. The van der Waals surface area contributed by atoms with Gasteiger partial charge in [0.15, 0.2) is 0 Å². The van der Waals surface area contributed by atoms with Crippen molar-refractivity contribution in [3.63, 3.8) is 0 Å². The van der Waals surface area contributed by atoms with Crippen LogP contribution >= 0.6 is 15.9 Å². The summed E-state index contributed by atoms with van der Waals surface area (Å²) in [5.74, 6) is 0.617. The summed E-state index contributed by atoms with van der Waals surface area (Å²) in [4.78, 5) is 2.46. The van der Waals surface area contributed by atoms with Crippen molar-refractivity contribution in [1.29, 1.82) is 0 Å². The van der Waals surface area contributed by atoms with Gasteiger partial charge in [0.2, 0.25) is 0 Å². The number of nitrogens with one attached hydrogen (secondary N) is 1. The molecule has 1 aromatic carbocycles. The molecule has 0 amide bonds. The minimum absolute atomic E-state index is 0.243. The van der Waals surface area contributed by atoms with Gasteiger partial charge in [-0.3, -0.25) is 0 Å². The zero-order valence-corrected chi connectivity index (χ0v) is 13.3. The van der Waals surface area contributed by atoms with Crippen molar-refractivity contribution in [3.05, 3.63) is 28.2 Å². The van der Waals surface area contributed by atoms with E-state index < -0.39 is 0 Å². The first-order chi connectivity index (χ1) is 9.11. The Bertz CT molecular complexity index is 425. The number of aryl methyl sites for hydroxylation is 1. The monoisotopic (exact) mass is 326 g/mol. The summed E-state index contributed by atoms with van der Waals surface area (Å²) < 4.78 is 1.12. The van der Waals surface area contributed by atoms with Crippen molar-refractivity contribution in [3.8, 4) is 0 Å². The molecule has 0 radical (unpaired) electrons. The van der Waals surface area contributed by atoms with Crippen molar-refractivity contribution in [1.82, 2.24) is 5.32 Å². The lowest BCUT2D eigenvalue weighted by molar-refractivity contribution is 0.272. The van der Waals surface area contributed by atoms with E-state index in [9.17, 15) is 5.11 Å². The first-order valence-corrected chi connectivity index (χ1v) is 7.75. The Labute approximate surface area is 124 Å². The fraction of sp³-hybridized carbons (Fsp3) is 0.600. The third-order valence-corrected chi connectivity index (χ3v) is 4.25. The molecule has 0 saturated carbocycles. The number of aliphatic hydroxyl groups excluding tert-OH is 1. The predicted molar refractivity (Wildman–Crippen MR) is 83.7 cm³/mol. The molecule has 2 rings (SSSR count). The van der Waals surface area contributed by atoms with E-state index >= 15 is 0 Å². The van der Waals surface area contributed by atoms with Crippen molar-refractivity contribution in [2.24, 2.45) is 5.92 Å². The smallest absolute Gasteiger partial charge is 0.0451 e. The van der Waals surface area contributed by atoms with Gasteiger partial charge in [0.05, 0.1) is 0 Å². The number of halogens is 1. The van der Waals surface area contributed by atoms with Gasteiger partial charge in [0.25, 0.3) is 0 Å². The van der Waals surface area contributed by atoms with Crippen LogP contribution in [0.4, 0.5) is 5.69 Å². The van der Waals surface area contributed by atoms with Gasteiger partial charge in [0, 0.05) is 35.9 Å². The van der Waals surface area contributed by atoms with Crippen molar-refractivity contribution < 1.29 is 5.11 Å². The topological polar surface area (TPSA) is 35.5 Å². The zero-order chi connectivity index (χ0) is 13.8. The highest BCUT2D eigenvalue weighted by Gasteiger charge is 2.24. The fourth-order valence-corrected chi connectivity index (χ4v) is 3.27. The summed E-state index contributed by atoms with van der Waals surface area (Å²) in [6.45, 7) is 7.70. The third-order valence-electron chi connectivity index (χ3n) is 3.75. The Morgan fingerprint density at radius 3 is 2.89 bits per heavy atom. The summed E-state index contributed by atoms with van der Waals surface area (Å²) in [5, 5.41) is 12.8. The highest BCUT2D eigenvalue weighted by atomic mass is 79.9. The van der Waals surface area contributed by atoms with Gasteiger partial charge < -0.3 is 15.3 Å². The molecule has 1 heterocycles. The van der Waals surface area contributed by atoms with Crippen LogP contribution in [0.15, 0.2) is 22.7 Å². The van der Waals surface area contributed by atoms with Crippen LogP contribution in [0.2, 0.25) is 0 Å². The van der Waals surface area contributed by atoms with Gasteiger partial charge in [-0.2, -0.15) is 0 Å². The minimum atomic E-state index is 0.243. The first kappa shape index (κ1) is 14.8. The van der Waals surface area contributed by atoms with Gasteiger partial charge >= 0.3 is 0 Å². The lowest BCUT2D eigenvalue weighted by Crippen LogP contribution is -2.41. The van der Waals surface area contributed by atoms with E-state index in [1.54, 1.807) is 0 Å². The molecule has 2 N–H and O–H groups in total. The van der Waals surface area contributed by atoms with Crippen LogP contribution in [0, 0.1) is 12.8 Å². The van der Waals surface area contributed by atoms with Gasteiger partial charge in [-0.05, 0) is 49.6 Å². The lowest BCUT2D eigenvalue weighted by Gasteiger charge is -2.34. The van der Waals surface area contributed by atoms with E-state index in [1.807, 2.05) is 0 Å². The van der Waals surface area contributed by atoms with Crippen LogP contribution in [0.3, 0.4) is 0 Å². The number of aliphatic hydroxyl groups is 1. The maximum absolute atomic E-state index is 9.29. The Morgan fingerprint density at radius 1 is 1.42 bits per heavy atom. The molecule has 3 nitrogen and oxygen atoms in total. The van der Waals surface area contributed by atoms with Gasteiger partial charge in [-0.1, -0.05) is 22.9 Å². The molecule has 1 aliphatic heterocycles. The van der Waals surface area contributed by atoms with Crippen molar-refractivity contribution in [2.45, 2.75) is 26.3 Å². The second kappa shape index (κ2) is 6.73. The standard InChI is InChI=1S/C15H23BrN2O/c1-11-8-17-9-14(5-6-19)18(10-11)15-4-3-13(16)7-12(15)2/h3-4,7,11,14,17,19H,5-6,8-10H2,1-2H3. The van der Waals surface area contributed by atoms with Crippen molar-refractivity contribution >= 4 is 21.6 Å². The largest absolute Gasteiger partial charge is 0.396 e. The van der Waals surface area contributed by atoms with Crippen LogP contribution < -0.4 is 10.2 Å². The van der Waals surface area contributed by atoms with E-state index in [2.05, 4.69) is 58.2 Å². The normalized spacial score (nSPS) is 24.3. The number of hydrogen-bond donors (Lipinski definition) is 2. The van der Waals surface area contributed by atoms with Gasteiger partial charge in [-0.25, -0.2) is 0 Å². The Balaban J connectivity index is 2.29. The quantitative estimate of drug-likeness (QED) is 0.896. The third kappa shape index (κ3) is 3.71. The van der Waals surface area contributed by atoms with Crippen LogP contribution in [0.25, 0.3) is 0 Å². The second-order valence-corrected chi connectivity index (χ2v) is 6.43. The van der Waals surface area contributed by atoms with Crippen molar-refractivity contribution in [2.75, 3.05) is 31.1 Å². The van der Waals surface area contributed by atoms with E-state index in [0.717, 1.165) is 30.5 Å². The van der Waals surface area contributed by atoms with E-state index in [4.69, 9.17) is 0 Å². The fourth-order valence-electron chi connectivity index (χ4n) is 2.80. The number of benzene rings is 1. The van der Waals surface area contributed by atoms with E-state index in [1.165, 1.54) is 11.3 Å². The first-order valence-electron chi connectivity index (χ1n) is 6.96. The van der Waals surface area contributed by atoms with Crippen LogP contribution in [0.5, 0.6) is 0 Å². The molecule has 2 unspecified atom stereocenters.